The lowest BCUT2D eigenvalue weighted by Crippen LogP contribution is -2.30. The second-order valence-electron chi connectivity index (χ2n) is 6.55. The van der Waals surface area contributed by atoms with Gasteiger partial charge in [0.2, 0.25) is 0 Å². The average molecular weight is 449 g/mol. The molecule has 0 fully saturated rings. The Morgan fingerprint density at radius 2 is 1.72 bits per heavy atom. The summed E-state index contributed by atoms with van der Waals surface area (Å²) in [6.07, 6.45) is 0.654. The Morgan fingerprint density at radius 3 is 2.38 bits per heavy atom. The zero-order chi connectivity index (χ0) is 21.0. The summed E-state index contributed by atoms with van der Waals surface area (Å²) in [7, 11) is -2.29. The third-order valence-electron chi connectivity index (χ3n) is 4.48. The van der Waals surface area contributed by atoms with Crippen molar-refractivity contribution in [3.8, 4) is 0 Å². The molecule has 0 bridgehead atoms. The molecule has 0 unspecified atom stereocenters. The van der Waals surface area contributed by atoms with Gasteiger partial charge in [-0.2, -0.15) is 0 Å². The Labute approximate surface area is 180 Å². The number of nitrogens with one attached hydrogen (secondary N) is 1. The predicted octanol–water partition coefficient (Wildman–Crippen LogP) is 4.51. The minimum absolute atomic E-state index is 0.186. The predicted molar refractivity (Wildman–Crippen MR) is 119 cm³/mol. The molecule has 1 N–H and O–H groups in total. The van der Waals surface area contributed by atoms with Gasteiger partial charge in [0.1, 0.15) is 4.88 Å². The van der Waals surface area contributed by atoms with Crippen LogP contribution in [0.3, 0.4) is 0 Å². The number of nitrogens with zero attached hydrogens (tertiary/aromatic N) is 1. The zero-order valence-corrected chi connectivity index (χ0v) is 18.4. The third kappa shape index (κ3) is 4.98. The summed E-state index contributed by atoms with van der Waals surface area (Å²) in [5.41, 5.74) is 2.39. The van der Waals surface area contributed by atoms with E-state index in [9.17, 15) is 13.2 Å². The number of carbonyl (C=O) groups is 1. The molecule has 0 atom stereocenters. The van der Waals surface area contributed by atoms with E-state index >= 15 is 0 Å². The van der Waals surface area contributed by atoms with E-state index in [4.69, 9.17) is 11.6 Å². The van der Waals surface area contributed by atoms with Crippen molar-refractivity contribution in [3.63, 3.8) is 0 Å². The van der Waals surface area contributed by atoms with Crippen LogP contribution < -0.4 is 9.62 Å². The fourth-order valence-corrected chi connectivity index (χ4v) is 5.00. The topological polar surface area (TPSA) is 66.5 Å². The first-order chi connectivity index (χ1) is 13.8. The van der Waals surface area contributed by atoms with Crippen LogP contribution >= 0.6 is 22.9 Å². The summed E-state index contributed by atoms with van der Waals surface area (Å²) in [6, 6.07) is 15.7. The molecule has 3 rings (SSSR count). The molecular weight excluding hydrogens is 428 g/mol. The smallest absolute Gasteiger partial charge is 0.264 e. The number of hydrogen-bond donors (Lipinski definition) is 1. The molecule has 5 nitrogen and oxygen atoms in total. The van der Waals surface area contributed by atoms with Gasteiger partial charge >= 0.3 is 0 Å². The van der Waals surface area contributed by atoms with Gasteiger partial charge in [-0.05, 0) is 54.6 Å². The van der Waals surface area contributed by atoms with Crippen molar-refractivity contribution < 1.29 is 13.2 Å². The van der Waals surface area contributed by atoms with E-state index in [1.807, 2.05) is 19.1 Å². The molecule has 2 aromatic carbocycles. The van der Waals surface area contributed by atoms with Gasteiger partial charge in [0.15, 0.2) is 0 Å². The van der Waals surface area contributed by atoms with E-state index in [-0.39, 0.29) is 10.8 Å². The van der Waals surface area contributed by atoms with Crippen molar-refractivity contribution in [1.29, 1.82) is 0 Å². The molecule has 0 aliphatic carbocycles. The van der Waals surface area contributed by atoms with Crippen molar-refractivity contribution >= 4 is 44.6 Å². The van der Waals surface area contributed by atoms with Crippen LogP contribution in [0.2, 0.25) is 5.02 Å². The molecule has 0 aliphatic heterocycles. The van der Waals surface area contributed by atoms with Crippen LogP contribution in [0.1, 0.15) is 20.8 Å². The van der Waals surface area contributed by atoms with Crippen LogP contribution in [0.4, 0.5) is 5.69 Å². The number of carbonyl (C=O) groups excluding carboxylic acids is 1. The zero-order valence-electron chi connectivity index (χ0n) is 16.1. The molecule has 0 saturated carbocycles. The largest absolute Gasteiger partial charge is 0.351 e. The minimum Gasteiger partial charge on any atom is -0.351 e. The van der Waals surface area contributed by atoms with E-state index in [0.29, 0.717) is 28.6 Å². The number of halogens is 1. The first kappa shape index (κ1) is 21.4. The van der Waals surface area contributed by atoms with E-state index < -0.39 is 10.0 Å². The van der Waals surface area contributed by atoms with Gasteiger partial charge in [-0.1, -0.05) is 41.4 Å². The normalized spacial score (nSPS) is 11.3. The van der Waals surface area contributed by atoms with Crippen LogP contribution in [0.5, 0.6) is 0 Å². The second-order valence-corrected chi connectivity index (χ2v) is 9.87. The van der Waals surface area contributed by atoms with Crippen LogP contribution in [-0.4, -0.2) is 27.9 Å². The van der Waals surface area contributed by atoms with Gasteiger partial charge < -0.3 is 5.32 Å². The summed E-state index contributed by atoms with van der Waals surface area (Å²) in [5.74, 6) is -0.296. The van der Waals surface area contributed by atoms with Crippen molar-refractivity contribution in [2.45, 2.75) is 18.2 Å². The highest BCUT2D eigenvalue weighted by atomic mass is 35.5. The Morgan fingerprint density at radius 1 is 1.07 bits per heavy atom. The molecule has 1 heterocycles. The third-order valence-corrected chi connectivity index (χ3v) is 7.42. The maximum absolute atomic E-state index is 12.9. The average Bonchev–Trinajstić information content (AvgIpc) is 3.19. The molecule has 3 aromatic rings. The van der Waals surface area contributed by atoms with Crippen LogP contribution in [0.25, 0.3) is 0 Å². The van der Waals surface area contributed by atoms with E-state index in [2.05, 4.69) is 5.32 Å². The number of anilines is 1. The SMILES string of the molecule is Cc1ccc(S(=O)(=O)N(C)c2ccsc2C(=O)NCCc2ccc(Cl)cc2)cc1. The second kappa shape index (κ2) is 8.98. The van der Waals surface area contributed by atoms with Gasteiger partial charge in [0.25, 0.3) is 15.9 Å². The van der Waals surface area contributed by atoms with E-state index in [1.54, 1.807) is 47.8 Å². The number of aryl methyl sites for hydroxylation is 1. The molecule has 29 heavy (non-hydrogen) atoms. The molecule has 1 aromatic heterocycles. The maximum Gasteiger partial charge on any atom is 0.264 e. The van der Waals surface area contributed by atoms with Crippen molar-refractivity contribution in [2.24, 2.45) is 0 Å². The number of rotatable bonds is 7. The summed E-state index contributed by atoms with van der Waals surface area (Å²) < 4.78 is 27.0. The molecular formula is C21H21ClN2O3S2. The first-order valence-corrected chi connectivity index (χ1v) is 11.6. The Bertz CT molecular complexity index is 1090. The lowest BCUT2D eigenvalue weighted by Gasteiger charge is -2.20. The van der Waals surface area contributed by atoms with Crippen molar-refractivity contribution in [3.05, 3.63) is 81.0 Å². The minimum atomic E-state index is -3.75. The lowest BCUT2D eigenvalue weighted by molar-refractivity contribution is 0.0959. The van der Waals surface area contributed by atoms with Crippen molar-refractivity contribution in [1.82, 2.24) is 5.32 Å². The van der Waals surface area contributed by atoms with Gasteiger partial charge in [0, 0.05) is 18.6 Å². The summed E-state index contributed by atoms with van der Waals surface area (Å²) >= 11 is 7.09. The lowest BCUT2D eigenvalue weighted by atomic mass is 10.1. The summed E-state index contributed by atoms with van der Waals surface area (Å²) in [4.78, 5) is 13.2. The highest BCUT2D eigenvalue weighted by molar-refractivity contribution is 7.92. The Hall–Kier alpha value is -2.35. The van der Waals surface area contributed by atoms with E-state index in [1.165, 1.54) is 18.4 Å². The summed E-state index contributed by atoms with van der Waals surface area (Å²) in [6.45, 7) is 2.33. The van der Waals surface area contributed by atoms with E-state index in [0.717, 1.165) is 15.4 Å². The number of sulfonamides is 1. The molecule has 0 radical (unpaired) electrons. The molecule has 8 heteroatoms. The van der Waals surface area contributed by atoms with Crippen LogP contribution in [0.15, 0.2) is 64.9 Å². The molecule has 0 aliphatic rings. The van der Waals surface area contributed by atoms with Gasteiger partial charge in [-0.25, -0.2) is 8.42 Å². The van der Waals surface area contributed by atoms with Gasteiger partial charge in [-0.15, -0.1) is 11.3 Å². The Kier molecular flexibility index (Phi) is 6.62. The number of hydrogen-bond acceptors (Lipinski definition) is 4. The monoisotopic (exact) mass is 448 g/mol. The highest BCUT2D eigenvalue weighted by Gasteiger charge is 2.26. The molecule has 0 spiro atoms. The quantitative estimate of drug-likeness (QED) is 0.578. The number of amides is 1. The molecule has 0 saturated heterocycles. The summed E-state index contributed by atoms with van der Waals surface area (Å²) in [5, 5.41) is 5.24. The first-order valence-electron chi connectivity index (χ1n) is 8.95. The van der Waals surface area contributed by atoms with Gasteiger partial charge in [-0.3, -0.25) is 9.10 Å². The Balaban J connectivity index is 1.71. The number of thiophene rings is 1. The van der Waals surface area contributed by atoms with Crippen LogP contribution in [0, 0.1) is 6.92 Å². The fourth-order valence-electron chi connectivity index (χ4n) is 2.77. The van der Waals surface area contributed by atoms with Gasteiger partial charge in [0.05, 0.1) is 10.6 Å². The number of benzene rings is 2. The molecule has 1 amide bonds. The maximum atomic E-state index is 12.9. The molecule has 152 valence electrons. The van der Waals surface area contributed by atoms with Crippen molar-refractivity contribution in [2.75, 3.05) is 17.9 Å². The highest BCUT2D eigenvalue weighted by Crippen LogP contribution is 2.29. The standard InChI is InChI=1S/C21H21ClN2O3S2/c1-15-3-9-18(10-4-15)29(26,27)24(2)19-12-14-28-20(19)21(25)23-13-11-16-5-7-17(22)8-6-16/h3-10,12,14H,11,13H2,1-2H3,(H,23,25). The van der Waals surface area contributed by atoms with Crippen LogP contribution in [-0.2, 0) is 16.4 Å². The fraction of sp³-hybridized carbons (Fsp3) is 0.190.